The normalized spacial score (nSPS) is 19.6. The van der Waals surface area contributed by atoms with Gasteiger partial charge >= 0.3 is 0 Å². The van der Waals surface area contributed by atoms with Crippen molar-refractivity contribution in [2.24, 2.45) is 0 Å². The first kappa shape index (κ1) is 15.5. The number of hydrogen-bond donors (Lipinski definition) is 1. The van der Waals surface area contributed by atoms with Crippen molar-refractivity contribution >= 4 is 17.7 Å². The summed E-state index contributed by atoms with van der Waals surface area (Å²) < 4.78 is 1.85. The number of carbonyl (C=O) groups is 1. The van der Waals surface area contributed by atoms with Gasteiger partial charge in [-0.15, -0.1) is 5.10 Å². The van der Waals surface area contributed by atoms with E-state index in [9.17, 15) is 4.79 Å². The lowest BCUT2D eigenvalue weighted by Crippen LogP contribution is -2.32. The summed E-state index contributed by atoms with van der Waals surface area (Å²) in [6.45, 7) is 2.63. The second kappa shape index (κ2) is 7.26. The zero-order chi connectivity index (χ0) is 15.4. The van der Waals surface area contributed by atoms with E-state index < -0.39 is 0 Å². The number of amides is 1. The second-order valence-electron chi connectivity index (χ2n) is 6.05. The maximum absolute atomic E-state index is 12.2. The lowest BCUT2D eigenvalue weighted by Gasteiger charge is -2.14. The van der Waals surface area contributed by atoms with Crippen LogP contribution in [-0.2, 0) is 4.79 Å². The Hall–Kier alpha value is -1.37. The molecule has 1 aromatic rings. The van der Waals surface area contributed by atoms with Crippen LogP contribution in [0.3, 0.4) is 0 Å². The van der Waals surface area contributed by atoms with Crippen LogP contribution in [0.5, 0.6) is 0 Å². The third-order valence-electron chi connectivity index (χ3n) is 4.14. The Morgan fingerprint density at radius 1 is 1.50 bits per heavy atom. The van der Waals surface area contributed by atoms with E-state index in [2.05, 4.69) is 26.9 Å². The summed E-state index contributed by atoms with van der Waals surface area (Å²) in [6, 6.07) is 0.436. The smallest absolute Gasteiger partial charge is 0.233 e. The molecule has 0 aliphatic heterocycles. The van der Waals surface area contributed by atoms with Gasteiger partial charge in [0.15, 0.2) is 0 Å². The quantitative estimate of drug-likeness (QED) is 0.617. The molecule has 0 bridgehead atoms. The third-order valence-corrected chi connectivity index (χ3v) is 5.18. The van der Waals surface area contributed by atoms with Crippen LogP contribution < -0.4 is 5.32 Å². The van der Waals surface area contributed by atoms with Gasteiger partial charge in [-0.05, 0) is 62.3 Å². The summed E-state index contributed by atoms with van der Waals surface area (Å²) in [5, 5.41) is 15.4. The lowest BCUT2D eigenvalue weighted by molar-refractivity contribution is -0.120. The van der Waals surface area contributed by atoms with E-state index in [1.807, 2.05) is 11.6 Å². The molecule has 0 aromatic carbocycles. The van der Waals surface area contributed by atoms with Crippen LogP contribution in [0.25, 0.3) is 0 Å². The fourth-order valence-corrected chi connectivity index (χ4v) is 3.53. The summed E-state index contributed by atoms with van der Waals surface area (Å²) >= 11 is 1.44. The fraction of sp³-hybridized carbons (Fsp3) is 0.733. The van der Waals surface area contributed by atoms with Crippen LogP contribution >= 0.6 is 11.8 Å². The first-order valence-corrected chi connectivity index (χ1v) is 9.02. The summed E-state index contributed by atoms with van der Waals surface area (Å²) in [7, 11) is 0. The molecule has 7 heteroatoms. The first-order valence-electron chi connectivity index (χ1n) is 8.14. The van der Waals surface area contributed by atoms with E-state index in [-0.39, 0.29) is 11.2 Å². The number of rotatable bonds is 7. The van der Waals surface area contributed by atoms with Gasteiger partial charge in [-0.1, -0.05) is 23.4 Å². The van der Waals surface area contributed by atoms with Gasteiger partial charge < -0.3 is 5.32 Å². The molecule has 1 heterocycles. The zero-order valence-electron chi connectivity index (χ0n) is 13.0. The molecule has 2 aliphatic carbocycles. The van der Waals surface area contributed by atoms with Gasteiger partial charge in [0.25, 0.3) is 0 Å². The monoisotopic (exact) mass is 321 g/mol. The second-order valence-corrected chi connectivity index (χ2v) is 7.35. The van der Waals surface area contributed by atoms with Crippen molar-refractivity contribution < 1.29 is 4.79 Å². The fourth-order valence-electron chi connectivity index (χ4n) is 2.64. The molecule has 1 atom stereocenters. The first-order chi connectivity index (χ1) is 10.7. The van der Waals surface area contributed by atoms with Crippen LogP contribution in [0.4, 0.5) is 0 Å². The molecule has 1 N–H and O–H groups in total. The van der Waals surface area contributed by atoms with Gasteiger partial charge in [-0.2, -0.15) is 0 Å². The molecule has 1 fully saturated rings. The highest BCUT2D eigenvalue weighted by atomic mass is 32.2. The number of thioether (sulfide) groups is 1. The molecule has 1 saturated carbocycles. The van der Waals surface area contributed by atoms with E-state index in [4.69, 9.17) is 0 Å². The average molecular weight is 321 g/mol. The number of aromatic nitrogens is 4. The zero-order valence-corrected chi connectivity index (χ0v) is 13.8. The van der Waals surface area contributed by atoms with Crippen LogP contribution in [0.15, 0.2) is 16.8 Å². The molecule has 1 aromatic heterocycles. The Kier molecular flexibility index (Phi) is 5.12. The minimum absolute atomic E-state index is 0.0618. The van der Waals surface area contributed by atoms with Crippen LogP contribution in [0.2, 0.25) is 0 Å². The standard InChI is InChI=1S/C15H23N5OS/c1-11(22-15-17-18-19-20(15)13-7-8-13)14(21)16-10-9-12-5-3-2-4-6-12/h5,11,13H,2-4,6-10H2,1H3,(H,16,21). The molecule has 3 rings (SSSR count). The molecule has 1 amide bonds. The van der Waals surface area contributed by atoms with Crippen molar-refractivity contribution in [3.05, 3.63) is 11.6 Å². The van der Waals surface area contributed by atoms with Crippen molar-refractivity contribution in [1.82, 2.24) is 25.5 Å². The van der Waals surface area contributed by atoms with Crippen molar-refractivity contribution in [2.45, 2.75) is 68.3 Å². The van der Waals surface area contributed by atoms with Crippen molar-refractivity contribution in [3.8, 4) is 0 Å². The largest absolute Gasteiger partial charge is 0.355 e. The van der Waals surface area contributed by atoms with E-state index in [1.165, 1.54) is 43.0 Å². The molecule has 6 nitrogen and oxygen atoms in total. The molecular formula is C15H23N5OS. The average Bonchev–Trinajstić information content (AvgIpc) is 3.28. The Morgan fingerprint density at radius 2 is 2.36 bits per heavy atom. The summed E-state index contributed by atoms with van der Waals surface area (Å²) in [5.74, 6) is 0.0618. The number of nitrogens with one attached hydrogen (secondary N) is 1. The van der Waals surface area contributed by atoms with Gasteiger partial charge in [0.05, 0.1) is 11.3 Å². The maximum atomic E-state index is 12.2. The molecule has 2 aliphatic rings. The van der Waals surface area contributed by atoms with Crippen LogP contribution in [-0.4, -0.2) is 37.9 Å². The summed E-state index contributed by atoms with van der Waals surface area (Å²) in [5.41, 5.74) is 1.49. The SMILES string of the molecule is CC(Sc1nnnn1C1CC1)C(=O)NCCC1=CCCCC1. The molecular weight excluding hydrogens is 298 g/mol. The summed E-state index contributed by atoms with van der Waals surface area (Å²) in [4.78, 5) is 12.2. The number of tetrazole rings is 1. The van der Waals surface area contributed by atoms with Crippen molar-refractivity contribution in [2.75, 3.05) is 6.54 Å². The van der Waals surface area contributed by atoms with E-state index in [1.54, 1.807) is 0 Å². The van der Waals surface area contributed by atoms with Gasteiger partial charge in [-0.3, -0.25) is 4.79 Å². The minimum atomic E-state index is -0.177. The van der Waals surface area contributed by atoms with E-state index in [0.29, 0.717) is 6.04 Å². The van der Waals surface area contributed by atoms with E-state index in [0.717, 1.165) is 31.0 Å². The Bertz CT molecular complexity index is 552. The summed E-state index contributed by atoms with van der Waals surface area (Å²) in [6.07, 6.45) is 10.5. The highest BCUT2D eigenvalue weighted by Crippen LogP contribution is 2.37. The third kappa shape index (κ3) is 4.09. The predicted octanol–water partition coefficient (Wildman–Crippen LogP) is 2.50. The lowest BCUT2D eigenvalue weighted by atomic mass is 9.97. The van der Waals surface area contributed by atoms with Gasteiger partial charge in [0, 0.05) is 6.54 Å². The van der Waals surface area contributed by atoms with Gasteiger partial charge in [0.2, 0.25) is 11.1 Å². The Morgan fingerprint density at radius 3 is 3.09 bits per heavy atom. The highest BCUT2D eigenvalue weighted by Gasteiger charge is 2.29. The Balaban J connectivity index is 1.43. The van der Waals surface area contributed by atoms with Crippen LogP contribution in [0.1, 0.15) is 57.9 Å². The number of nitrogens with zero attached hydrogens (tertiary/aromatic N) is 4. The van der Waals surface area contributed by atoms with Gasteiger partial charge in [0.1, 0.15) is 0 Å². The molecule has 0 saturated heterocycles. The number of allylic oxidation sites excluding steroid dienone is 1. The molecule has 22 heavy (non-hydrogen) atoms. The predicted molar refractivity (Wildman–Crippen MR) is 85.6 cm³/mol. The minimum Gasteiger partial charge on any atom is -0.355 e. The topological polar surface area (TPSA) is 72.7 Å². The molecule has 0 radical (unpaired) electrons. The van der Waals surface area contributed by atoms with Crippen molar-refractivity contribution in [3.63, 3.8) is 0 Å². The molecule has 1 unspecified atom stereocenters. The molecule has 120 valence electrons. The van der Waals surface area contributed by atoms with E-state index >= 15 is 0 Å². The van der Waals surface area contributed by atoms with Crippen molar-refractivity contribution in [1.29, 1.82) is 0 Å². The number of hydrogen-bond acceptors (Lipinski definition) is 5. The maximum Gasteiger partial charge on any atom is 0.233 e. The number of carbonyl (C=O) groups excluding carboxylic acids is 1. The highest BCUT2D eigenvalue weighted by molar-refractivity contribution is 8.00. The Labute approximate surface area is 135 Å². The molecule has 0 spiro atoms. The van der Waals surface area contributed by atoms with Crippen LogP contribution in [0, 0.1) is 0 Å². The van der Waals surface area contributed by atoms with Gasteiger partial charge in [-0.25, -0.2) is 4.68 Å².